The third kappa shape index (κ3) is 6.59. The molecule has 3 atom stereocenters. The number of amides is 2. The van der Waals surface area contributed by atoms with Crippen LogP contribution in [-0.4, -0.2) is 64.1 Å². The maximum absolute atomic E-state index is 15.2. The molecule has 2 aromatic carbocycles. The third-order valence-corrected chi connectivity index (χ3v) is 8.71. The number of carbonyl (C=O) groups is 2. The Balaban J connectivity index is 1.55. The largest absolute Gasteiger partial charge is 0.354 e. The molecule has 3 heterocycles. The lowest BCUT2D eigenvalue weighted by Gasteiger charge is -2.40. The number of hydrogen-bond donors (Lipinski definition) is 0. The molecule has 2 aliphatic rings. The van der Waals surface area contributed by atoms with E-state index >= 15 is 4.39 Å². The van der Waals surface area contributed by atoms with Gasteiger partial charge in [-0.05, 0) is 48.2 Å². The smallest absolute Gasteiger partial charge is 0.266 e. The first-order valence-electron chi connectivity index (χ1n) is 14.6. The topological polar surface area (TPSA) is 78.8 Å². The molecule has 1 aromatic heterocycles. The fraction of sp³-hybridized carbons (Fsp3) is 0.438. The van der Waals surface area contributed by atoms with Crippen LogP contribution in [0.15, 0.2) is 59.4 Å². The van der Waals surface area contributed by atoms with Crippen molar-refractivity contribution >= 4 is 29.2 Å². The molecule has 1 unspecified atom stereocenters. The van der Waals surface area contributed by atoms with Gasteiger partial charge in [0, 0.05) is 68.8 Å². The van der Waals surface area contributed by atoms with E-state index in [1.807, 2.05) is 40.7 Å². The first kappa shape index (κ1) is 30.7. The van der Waals surface area contributed by atoms with Crippen LogP contribution in [0.2, 0.25) is 5.02 Å². The van der Waals surface area contributed by atoms with E-state index in [9.17, 15) is 18.8 Å². The fourth-order valence-corrected chi connectivity index (χ4v) is 6.29. The Kier molecular flexibility index (Phi) is 9.15. The van der Waals surface area contributed by atoms with Gasteiger partial charge in [-0.15, -0.1) is 0 Å². The summed E-state index contributed by atoms with van der Waals surface area (Å²) in [5, 5.41) is 4.93. The number of carbonyl (C=O) groups excluding carboxylic acids is 2. The van der Waals surface area contributed by atoms with Gasteiger partial charge in [0.15, 0.2) is 0 Å². The highest BCUT2D eigenvalue weighted by molar-refractivity contribution is 6.30. The summed E-state index contributed by atoms with van der Waals surface area (Å²) in [6.45, 7) is 5.59. The molecular formula is C32H36ClF2N5O3. The second-order valence-electron chi connectivity index (χ2n) is 11.7. The first-order valence-corrected chi connectivity index (χ1v) is 15.0. The van der Waals surface area contributed by atoms with Gasteiger partial charge in [0.1, 0.15) is 17.5 Å². The average molecular weight is 612 g/mol. The SMILES string of the molecule is CC(C)C(=O)N1CCCCN(C(=O)[C@@H]2CN(c3ccc(=O)n(C)n3)C[C@H]2c2ccc(F)cc2F)C(c2ccc(Cl)cc2)C1. The summed E-state index contributed by atoms with van der Waals surface area (Å²) in [5.74, 6) is -2.57. The molecule has 5 rings (SSSR count). The van der Waals surface area contributed by atoms with E-state index in [2.05, 4.69) is 5.10 Å². The second-order valence-corrected chi connectivity index (χ2v) is 12.1. The summed E-state index contributed by atoms with van der Waals surface area (Å²) < 4.78 is 30.4. The molecule has 8 nitrogen and oxygen atoms in total. The molecule has 0 bridgehead atoms. The second kappa shape index (κ2) is 12.8. The summed E-state index contributed by atoms with van der Waals surface area (Å²) in [6.07, 6.45) is 1.43. The zero-order valence-corrected chi connectivity index (χ0v) is 25.3. The molecule has 2 saturated heterocycles. The Morgan fingerprint density at radius 3 is 2.35 bits per heavy atom. The zero-order valence-electron chi connectivity index (χ0n) is 24.6. The quantitative estimate of drug-likeness (QED) is 0.415. The minimum Gasteiger partial charge on any atom is -0.354 e. The lowest BCUT2D eigenvalue weighted by atomic mass is 9.86. The van der Waals surface area contributed by atoms with Gasteiger partial charge in [0.25, 0.3) is 5.56 Å². The van der Waals surface area contributed by atoms with Crippen molar-refractivity contribution in [1.29, 1.82) is 0 Å². The Morgan fingerprint density at radius 2 is 1.67 bits per heavy atom. The summed E-state index contributed by atoms with van der Waals surface area (Å²) in [4.78, 5) is 45.4. The molecule has 3 aromatic rings. The zero-order chi connectivity index (χ0) is 30.8. The molecule has 0 N–H and O–H groups in total. The molecule has 0 aliphatic carbocycles. The predicted molar refractivity (Wildman–Crippen MR) is 161 cm³/mol. The molecule has 11 heteroatoms. The summed E-state index contributed by atoms with van der Waals surface area (Å²) in [7, 11) is 1.54. The van der Waals surface area contributed by atoms with E-state index < -0.39 is 29.5 Å². The van der Waals surface area contributed by atoms with Crippen molar-refractivity contribution in [2.75, 3.05) is 37.6 Å². The number of anilines is 1. The van der Waals surface area contributed by atoms with Gasteiger partial charge >= 0.3 is 0 Å². The minimum absolute atomic E-state index is 0.0207. The Morgan fingerprint density at radius 1 is 0.953 bits per heavy atom. The Bertz CT molecular complexity index is 1550. The predicted octanol–water partition coefficient (Wildman–Crippen LogP) is 4.78. The van der Waals surface area contributed by atoms with Crippen molar-refractivity contribution in [3.8, 4) is 0 Å². The molecule has 228 valence electrons. The molecule has 0 spiro atoms. The highest BCUT2D eigenvalue weighted by Gasteiger charge is 2.44. The number of aromatic nitrogens is 2. The number of hydrogen-bond acceptors (Lipinski definition) is 5. The number of nitrogens with zero attached hydrogens (tertiary/aromatic N) is 5. The van der Waals surface area contributed by atoms with E-state index in [4.69, 9.17) is 11.6 Å². The van der Waals surface area contributed by atoms with E-state index in [0.29, 0.717) is 36.9 Å². The van der Waals surface area contributed by atoms with Crippen molar-refractivity contribution in [1.82, 2.24) is 19.6 Å². The lowest BCUT2D eigenvalue weighted by Crippen LogP contribution is -2.49. The van der Waals surface area contributed by atoms with Crippen LogP contribution in [0.4, 0.5) is 14.6 Å². The lowest BCUT2D eigenvalue weighted by molar-refractivity contribution is -0.143. The van der Waals surface area contributed by atoms with Gasteiger partial charge < -0.3 is 14.7 Å². The van der Waals surface area contributed by atoms with Crippen LogP contribution in [-0.2, 0) is 16.6 Å². The molecule has 2 aliphatic heterocycles. The van der Waals surface area contributed by atoms with Crippen molar-refractivity contribution in [3.63, 3.8) is 0 Å². The average Bonchev–Trinajstić information content (AvgIpc) is 3.40. The van der Waals surface area contributed by atoms with Gasteiger partial charge in [-0.3, -0.25) is 14.4 Å². The number of aryl methyl sites for hydroxylation is 1. The highest BCUT2D eigenvalue weighted by atomic mass is 35.5. The maximum Gasteiger partial charge on any atom is 0.266 e. The number of rotatable bonds is 5. The van der Waals surface area contributed by atoms with E-state index in [0.717, 1.165) is 18.1 Å². The standard InChI is InChI=1S/C32H36ClF2N5O3/c1-20(2)31(42)38-14-4-5-15-40(28(19-38)21-6-8-22(33)9-7-21)32(43)26-18-39(29-12-13-30(41)37(3)36-29)17-25(26)24-11-10-23(34)16-27(24)35/h6-13,16,20,25-26,28H,4-5,14-15,17-19H2,1-3H3/t25-,26+,28?/m0/s1. The van der Waals surface area contributed by atoms with Crippen molar-refractivity contribution in [2.24, 2.45) is 18.9 Å². The van der Waals surface area contributed by atoms with Crippen LogP contribution in [0, 0.1) is 23.5 Å². The van der Waals surface area contributed by atoms with Crippen LogP contribution in [0.25, 0.3) is 0 Å². The minimum atomic E-state index is -0.714. The van der Waals surface area contributed by atoms with E-state index in [-0.39, 0.29) is 41.9 Å². The van der Waals surface area contributed by atoms with Gasteiger partial charge in [0.2, 0.25) is 11.8 Å². The van der Waals surface area contributed by atoms with Crippen LogP contribution >= 0.6 is 11.6 Å². The molecule has 43 heavy (non-hydrogen) atoms. The van der Waals surface area contributed by atoms with Crippen LogP contribution in [0.3, 0.4) is 0 Å². The molecule has 0 radical (unpaired) electrons. The van der Waals surface area contributed by atoms with Gasteiger partial charge in [0.05, 0.1) is 12.0 Å². The Labute approximate surface area is 254 Å². The molecule has 2 fully saturated rings. The third-order valence-electron chi connectivity index (χ3n) is 8.46. The summed E-state index contributed by atoms with van der Waals surface area (Å²) >= 11 is 6.20. The van der Waals surface area contributed by atoms with Crippen molar-refractivity contribution < 1.29 is 18.4 Å². The molecular weight excluding hydrogens is 576 g/mol. The van der Waals surface area contributed by atoms with Gasteiger partial charge in [-0.2, -0.15) is 5.10 Å². The van der Waals surface area contributed by atoms with Crippen LogP contribution in [0.1, 0.15) is 49.8 Å². The van der Waals surface area contributed by atoms with E-state index in [1.165, 1.54) is 22.9 Å². The maximum atomic E-state index is 15.2. The normalized spacial score (nSPS) is 21.2. The number of benzene rings is 2. The van der Waals surface area contributed by atoms with Gasteiger partial charge in [-0.25, -0.2) is 13.5 Å². The van der Waals surface area contributed by atoms with Crippen LogP contribution < -0.4 is 10.5 Å². The molecule has 0 saturated carbocycles. The van der Waals surface area contributed by atoms with Crippen molar-refractivity contribution in [3.05, 3.63) is 92.7 Å². The number of halogens is 3. The highest BCUT2D eigenvalue weighted by Crippen LogP contribution is 2.39. The monoisotopic (exact) mass is 611 g/mol. The van der Waals surface area contributed by atoms with E-state index in [1.54, 1.807) is 25.2 Å². The Hall–Kier alpha value is -3.79. The van der Waals surface area contributed by atoms with Crippen LogP contribution in [0.5, 0.6) is 0 Å². The fourth-order valence-electron chi connectivity index (χ4n) is 6.17. The summed E-state index contributed by atoms with van der Waals surface area (Å²) in [5.41, 5.74) is 0.822. The van der Waals surface area contributed by atoms with Crippen molar-refractivity contribution in [2.45, 2.75) is 38.6 Å². The first-order chi connectivity index (χ1) is 20.5. The molecule has 2 amide bonds. The van der Waals surface area contributed by atoms with Gasteiger partial charge in [-0.1, -0.05) is 43.6 Å². The summed E-state index contributed by atoms with van der Waals surface area (Å²) in [6, 6.07) is 13.3.